The van der Waals surface area contributed by atoms with Gasteiger partial charge in [0, 0.05) is 49.2 Å². The molecular weight excluding hydrogens is 464 g/mol. The van der Waals surface area contributed by atoms with Gasteiger partial charge >= 0.3 is 0 Å². The van der Waals surface area contributed by atoms with Gasteiger partial charge in [0.25, 0.3) is 5.91 Å². The molecule has 0 bridgehead atoms. The molecule has 35 heavy (non-hydrogen) atoms. The highest BCUT2D eigenvalue weighted by molar-refractivity contribution is 6.27. The molecule has 0 spiro atoms. The molecule has 1 unspecified atom stereocenters. The van der Waals surface area contributed by atoms with Gasteiger partial charge in [0.05, 0.1) is 5.69 Å². The van der Waals surface area contributed by atoms with Crippen LogP contribution in [-0.2, 0) is 16.0 Å². The van der Waals surface area contributed by atoms with Gasteiger partial charge in [0.15, 0.2) is 0 Å². The standard InChI is InChI=1S/C27H25ClN4O3/c28-31-14-12-30(13-15-31)19-7-4-17(5-8-19)16-18-6-9-22-25-20(18)2-1-3-21(25)27(35)32(22)23-10-11-24(33)29-26(23)34/h1-9,23H,10-16H2,(H,29,33,34). The second-order valence-electron chi connectivity index (χ2n) is 9.35. The minimum Gasteiger partial charge on any atom is -0.369 e. The second-order valence-corrected chi connectivity index (χ2v) is 9.83. The fourth-order valence-electron chi connectivity index (χ4n) is 5.44. The Kier molecular flexibility index (Phi) is 5.46. The molecule has 3 amide bonds. The number of carbonyl (C=O) groups excluding carboxylic acids is 3. The van der Waals surface area contributed by atoms with Gasteiger partial charge in [-0.1, -0.05) is 30.3 Å². The van der Waals surface area contributed by atoms with Crippen LogP contribution in [0.4, 0.5) is 11.4 Å². The van der Waals surface area contributed by atoms with E-state index in [4.69, 9.17) is 11.8 Å². The van der Waals surface area contributed by atoms with E-state index < -0.39 is 11.9 Å². The van der Waals surface area contributed by atoms with Gasteiger partial charge < -0.3 is 4.90 Å². The van der Waals surface area contributed by atoms with Crippen LogP contribution in [0.2, 0.25) is 0 Å². The maximum Gasteiger partial charge on any atom is 0.259 e. The molecule has 3 heterocycles. The Morgan fingerprint density at radius 3 is 2.43 bits per heavy atom. The second kappa shape index (κ2) is 8.66. The number of hydrogen-bond donors (Lipinski definition) is 1. The molecular formula is C27H25ClN4O3. The Balaban J connectivity index is 1.29. The Morgan fingerprint density at radius 1 is 0.914 bits per heavy atom. The number of nitrogens with zero attached hydrogens (tertiary/aromatic N) is 3. The Hall–Kier alpha value is -3.42. The Labute approximate surface area is 208 Å². The van der Waals surface area contributed by atoms with E-state index in [-0.39, 0.29) is 18.2 Å². The van der Waals surface area contributed by atoms with E-state index in [1.807, 2.05) is 34.8 Å². The lowest BCUT2D eigenvalue weighted by Crippen LogP contribution is -2.53. The van der Waals surface area contributed by atoms with Crippen molar-refractivity contribution in [3.63, 3.8) is 0 Å². The lowest BCUT2D eigenvalue weighted by molar-refractivity contribution is -0.134. The highest BCUT2D eigenvalue weighted by Gasteiger charge is 2.40. The van der Waals surface area contributed by atoms with E-state index in [0.717, 1.165) is 54.6 Å². The molecule has 3 aromatic carbocycles. The highest BCUT2D eigenvalue weighted by Crippen LogP contribution is 2.41. The van der Waals surface area contributed by atoms with Crippen LogP contribution in [0.3, 0.4) is 0 Å². The van der Waals surface area contributed by atoms with Crippen molar-refractivity contribution in [1.82, 2.24) is 9.74 Å². The molecule has 2 fully saturated rings. The molecule has 3 aromatic rings. The summed E-state index contributed by atoms with van der Waals surface area (Å²) in [5, 5.41) is 4.28. The van der Waals surface area contributed by atoms with Gasteiger partial charge in [0.1, 0.15) is 6.04 Å². The molecule has 1 atom stereocenters. The van der Waals surface area contributed by atoms with E-state index in [9.17, 15) is 14.4 Å². The lowest BCUT2D eigenvalue weighted by atomic mass is 9.96. The number of hydrogen-bond acceptors (Lipinski definition) is 5. The SMILES string of the molecule is O=C1CCC(N2C(=O)c3cccc4c(Cc5ccc(N6CCN(Cl)CC6)cc5)ccc2c34)C(=O)N1. The van der Waals surface area contributed by atoms with E-state index in [2.05, 4.69) is 34.5 Å². The first kappa shape index (κ1) is 22.1. The van der Waals surface area contributed by atoms with Crippen molar-refractivity contribution in [1.29, 1.82) is 0 Å². The number of benzene rings is 3. The van der Waals surface area contributed by atoms with Crippen LogP contribution in [-0.4, -0.2) is 54.4 Å². The topological polar surface area (TPSA) is 73.0 Å². The van der Waals surface area contributed by atoms with Gasteiger partial charge in [-0.05, 0) is 65.4 Å². The summed E-state index contributed by atoms with van der Waals surface area (Å²) in [7, 11) is 0. The van der Waals surface area contributed by atoms with E-state index in [0.29, 0.717) is 12.0 Å². The zero-order valence-electron chi connectivity index (χ0n) is 19.2. The summed E-state index contributed by atoms with van der Waals surface area (Å²) in [4.78, 5) is 41.4. The highest BCUT2D eigenvalue weighted by atomic mass is 35.5. The third kappa shape index (κ3) is 3.85. The number of piperidine rings is 1. The molecule has 7 nitrogen and oxygen atoms in total. The van der Waals surface area contributed by atoms with E-state index in [1.165, 1.54) is 11.3 Å². The maximum atomic E-state index is 13.3. The number of carbonyl (C=O) groups is 3. The minimum atomic E-state index is -0.671. The molecule has 0 saturated carbocycles. The normalized spacial score (nSPS) is 20.6. The summed E-state index contributed by atoms with van der Waals surface area (Å²) >= 11 is 6.08. The molecule has 6 rings (SSSR count). The monoisotopic (exact) mass is 488 g/mol. The quantitative estimate of drug-likeness (QED) is 0.449. The van der Waals surface area contributed by atoms with Crippen LogP contribution in [0.25, 0.3) is 10.8 Å². The Bertz CT molecular complexity index is 1350. The van der Waals surface area contributed by atoms with Crippen molar-refractivity contribution in [2.45, 2.75) is 25.3 Å². The third-order valence-electron chi connectivity index (χ3n) is 7.26. The molecule has 0 aliphatic carbocycles. The fourth-order valence-corrected chi connectivity index (χ4v) is 5.59. The summed E-state index contributed by atoms with van der Waals surface area (Å²) in [6.07, 6.45) is 1.30. The van der Waals surface area contributed by atoms with Gasteiger partial charge in [-0.2, -0.15) is 0 Å². The maximum absolute atomic E-state index is 13.3. The molecule has 1 N–H and O–H groups in total. The fraction of sp³-hybridized carbons (Fsp3) is 0.296. The van der Waals surface area contributed by atoms with E-state index in [1.54, 1.807) is 4.90 Å². The first-order valence-electron chi connectivity index (χ1n) is 12.0. The number of imide groups is 1. The van der Waals surface area contributed by atoms with Crippen LogP contribution in [0, 0.1) is 0 Å². The predicted molar refractivity (Wildman–Crippen MR) is 136 cm³/mol. The van der Waals surface area contributed by atoms with Crippen LogP contribution < -0.4 is 15.1 Å². The number of piperazine rings is 1. The van der Waals surface area contributed by atoms with Crippen molar-refractivity contribution in [3.05, 3.63) is 71.3 Å². The first-order valence-corrected chi connectivity index (χ1v) is 12.3. The largest absolute Gasteiger partial charge is 0.369 e. The van der Waals surface area contributed by atoms with E-state index >= 15 is 0 Å². The van der Waals surface area contributed by atoms with Gasteiger partial charge in [-0.15, -0.1) is 0 Å². The lowest BCUT2D eigenvalue weighted by Gasteiger charge is -2.32. The van der Waals surface area contributed by atoms with Gasteiger partial charge in [0.2, 0.25) is 11.8 Å². The minimum absolute atomic E-state index is 0.182. The predicted octanol–water partition coefficient (Wildman–Crippen LogP) is 3.47. The molecule has 2 saturated heterocycles. The summed E-state index contributed by atoms with van der Waals surface area (Å²) in [5.41, 5.74) is 4.87. The van der Waals surface area contributed by atoms with Crippen molar-refractivity contribution in [2.75, 3.05) is 36.0 Å². The number of anilines is 2. The number of rotatable bonds is 4. The summed E-state index contributed by atoms with van der Waals surface area (Å²) in [6, 6.07) is 17.7. The molecule has 8 heteroatoms. The molecule has 0 aromatic heterocycles. The van der Waals surface area contributed by atoms with Crippen LogP contribution in [0.15, 0.2) is 54.6 Å². The average Bonchev–Trinajstić information content (AvgIpc) is 3.15. The zero-order valence-corrected chi connectivity index (χ0v) is 19.9. The summed E-state index contributed by atoms with van der Waals surface area (Å²) in [6.45, 7) is 3.52. The third-order valence-corrected chi connectivity index (χ3v) is 7.60. The summed E-state index contributed by atoms with van der Waals surface area (Å²) < 4.78 is 1.83. The van der Waals surface area contributed by atoms with Crippen molar-refractivity contribution in [2.24, 2.45) is 0 Å². The van der Waals surface area contributed by atoms with Crippen LogP contribution in [0.1, 0.15) is 34.3 Å². The molecule has 178 valence electrons. The van der Waals surface area contributed by atoms with Gasteiger partial charge in [-0.3, -0.25) is 24.6 Å². The van der Waals surface area contributed by atoms with Crippen molar-refractivity contribution < 1.29 is 14.4 Å². The van der Waals surface area contributed by atoms with Crippen molar-refractivity contribution >= 4 is 51.6 Å². The first-order chi connectivity index (χ1) is 17.0. The molecule has 3 aliphatic heterocycles. The number of nitrogens with one attached hydrogen (secondary N) is 1. The average molecular weight is 489 g/mol. The van der Waals surface area contributed by atoms with Crippen molar-refractivity contribution in [3.8, 4) is 0 Å². The molecule has 0 radical (unpaired) electrons. The smallest absolute Gasteiger partial charge is 0.259 e. The van der Waals surface area contributed by atoms with Gasteiger partial charge in [-0.25, -0.2) is 4.42 Å². The number of amides is 3. The zero-order chi connectivity index (χ0) is 24.1. The Morgan fingerprint density at radius 2 is 1.69 bits per heavy atom. The molecule has 3 aliphatic rings. The summed E-state index contributed by atoms with van der Waals surface area (Å²) in [5.74, 6) is -0.881. The number of halogens is 1. The van der Waals surface area contributed by atoms with Crippen LogP contribution >= 0.6 is 11.8 Å². The van der Waals surface area contributed by atoms with Crippen LogP contribution in [0.5, 0.6) is 0 Å².